The standard InChI is InChI=1S/C19H24N4O3S/c24-19(23-11-13-27(25,26)14-12-23)16-7-8-18(22-15-16)21-10-4-9-20-17-5-2-1-3-6-17/h1-3,5-8,15,20H,4,9-14H2,(H,21,22). The fraction of sp³-hybridized carbons (Fsp3) is 0.368. The van der Waals surface area contributed by atoms with Crippen LogP contribution in [0.15, 0.2) is 48.7 Å². The lowest BCUT2D eigenvalue weighted by atomic mass is 10.2. The predicted molar refractivity (Wildman–Crippen MR) is 107 cm³/mol. The lowest BCUT2D eigenvalue weighted by molar-refractivity contribution is 0.0770. The van der Waals surface area contributed by atoms with E-state index in [1.807, 2.05) is 30.3 Å². The summed E-state index contributed by atoms with van der Waals surface area (Å²) in [6.07, 6.45) is 2.47. The summed E-state index contributed by atoms with van der Waals surface area (Å²) in [5.74, 6) is 0.606. The monoisotopic (exact) mass is 388 g/mol. The second-order valence-electron chi connectivity index (χ2n) is 6.45. The van der Waals surface area contributed by atoms with Crippen LogP contribution in [0.2, 0.25) is 0 Å². The molecule has 0 unspecified atom stereocenters. The molecule has 1 amide bonds. The number of nitrogens with zero attached hydrogens (tertiary/aromatic N) is 2. The quantitative estimate of drug-likeness (QED) is 0.704. The summed E-state index contributed by atoms with van der Waals surface area (Å²) in [7, 11) is -3.00. The highest BCUT2D eigenvalue weighted by Crippen LogP contribution is 2.11. The number of benzene rings is 1. The van der Waals surface area contributed by atoms with Crippen LogP contribution in [0, 0.1) is 0 Å². The first-order valence-corrected chi connectivity index (χ1v) is 10.8. The molecule has 2 heterocycles. The van der Waals surface area contributed by atoms with Crippen molar-refractivity contribution in [3.8, 4) is 0 Å². The van der Waals surface area contributed by atoms with Gasteiger partial charge in [0.15, 0.2) is 9.84 Å². The Kier molecular flexibility index (Phi) is 6.28. The highest BCUT2D eigenvalue weighted by molar-refractivity contribution is 7.91. The van der Waals surface area contributed by atoms with Crippen LogP contribution in [0.4, 0.5) is 11.5 Å². The van der Waals surface area contributed by atoms with Gasteiger partial charge in [-0.05, 0) is 30.7 Å². The number of amides is 1. The van der Waals surface area contributed by atoms with Crippen LogP contribution in [0.5, 0.6) is 0 Å². The first-order chi connectivity index (χ1) is 13.0. The molecular weight excluding hydrogens is 364 g/mol. The van der Waals surface area contributed by atoms with Gasteiger partial charge in [0.1, 0.15) is 5.82 Å². The van der Waals surface area contributed by atoms with Gasteiger partial charge in [-0.3, -0.25) is 4.79 Å². The van der Waals surface area contributed by atoms with Crippen LogP contribution < -0.4 is 10.6 Å². The van der Waals surface area contributed by atoms with Gasteiger partial charge in [-0.1, -0.05) is 18.2 Å². The van der Waals surface area contributed by atoms with Gasteiger partial charge in [-0.15, -0.1) is 0 Å². The van der Waals surface area contributed by atoms with Crippen molar-refractivity contribution in [3.05, 3.63) is 54.2 Å². The number of anilines is 2. The summed E-state index contributed by atoms with van der Waals surface area (Å²) in [5, 5.41) is 6.58. The van der Waals surface area contributed by atoms with Crippen molar-refractivity contribution in [3.63, 3.8) is 0 Å². The molecule has 3 rings (SSSR count). The van der Waals surface area contributed by atoms with E-state index in [4.69, 9.17) is 0 Å². The van der Waals surface area contributed by atoms with E-state index in [-0.39, 0.29) is 30.5 Å². The number of rotatable bonds is 7. The van der Waals surface area contributed by atoms with Crippen molar-refractivity contribution < 1.29 is 13.2 Å². The van der Waals surface area contributed by atoms with Gasteiger partial charge >= 0.3 is 0 Å². The summed E-state index contributed by atoms with van der Waals surface area (Å²) in [6, 6.07) is 13.5. The van der Waals surface area contributed by atoms with Crippen LogP contribution in [0.3, 0.4) is 0 Å². The molecule has 0 bridgehead atoms. The molecule has 0 radical (unpaired) electrons. The Bertz CT molecular complexity index is 840. The molecule has 8 heteroatoms. The first kappa shape index (κ1) is 19.2. The van der Waals surface area contributed by atoms with E-state index < -0.39 is 9.84 Å². The third-order valence-corrected chi connectivity index (χ3v) is 6.01. The second kappa shape index (κ2) is 8.85. The Morgan fingerprint density at radius 2 is 1.70 bits per heavy atom. The molecule has 0 spiro atoms. The third-order valence-electron chi connectivity index (χ3n) is 4.40. The molecule has 7 nitrogen and oxygen atoms in total. The van der Waals surface area contributed by atoms with E-state index in [1.165, 1.54) is 6.20 Å². The molecule has 2 aromatic rings. The molecule has 1 aromatic carbocycles. The van der Waals surface area contributed by atoms with E-state index in [0.29, 0.717) is 11.4 Å². The Hall–Kier alpha value is -2.61. The SMILES string of the molecule is O=C(c1ccc(NCCCNc2ccccc2)nc1)N1CCS(=O)(=O)CC1. The Labute approximate surface area is 159 Å². The Balaban J connectivity index is 1.41. The molecule has 144 valence electrons. The van der Waals surface area contributed by atoms with Crippen molar-refractivity contribution in [1.82, 2.24) is 9.88 Å². The summed E-state index contributed by atoms with van der Waals surface area (Å²) in [6.45, 7) is 2.11. The number of hydrogen-bond donors (Lipinski definition) is 2. The van der Waals surface area contributed by atoms with E-state index in [9.17, 15) is 13.2 Å². The predicted octanol–water partition coefficient (Wildman–Crippen LogP) is 1.87. The minimum atomic E-state index is -3.00. The van der Waals surface area contributed by atoms with Crippen LogP contribution >= 0.6 is 0 Å². The van der Waals surface area contributed by atoms with Crippen molar-refractivity contribution in [2.45, 2.75) is 6.42 Å². The summed E-state index contributed by atoms with van der Waals surface area (Å²) in [5.41, 5.74) is 1.58. The lowest BCUT2D eigenvalue weighted by Gasteiger charge is -2.26. The number of para-hydroxylation sites is 1. The van der Waals surface area contributed by atoms with Gasteiger partial charge in [-0.25, -0.2) is 13.4 Å². The van der Waals surface area contributed by atoms with Crippen LogP contribution in [-0.4, -0.2) is 61.9 Å². The van der Waals surface area contributed by atoms with Crippen LogP contribution in [-0.2, 0) is 9.84 Å². The molecule has 2 N–H and O–H groups in total. The average Bonchev–Trinajstić information content (AvgIpc) is 2.68. The zero-order valence-electron chi connectivity index (χ0n) is 15.1. The van der Waals surface area contributed by atoms with E-state index in [0.717, 1.165) is 25.2 Å². The van der Waals surface area contributed by atoms with Gasteiger partial charge in [0.2, 0.25) is 0 Å². The Morgan fingerprint density at radius 3 is 2.37 bits per heavy atom. The topological polar surface area (TPSA) is 91.4 Å². The second-order valence-corrected chi connectivity index (χ2v) is 8.75. The average molecular weight is 388 g/mol. The highest BCUT2D eigenvalue weighted by Gasteiger charge is 2.25. The van der Waals surface area contributed by atoms with Gasteiger partial charge < -0.3 is 15.5 Å². The van der Waals surface area contributed by atoms with Crippen LogP contribution in [0.25, 0.3) is 0 Å². The number of carbonyl (C=O) groups is 1. The minimum Gasteiger partial charge on any atom is -0.385 e. The van der Waals surface area contributed by atoms with Crippen molar-refractivity contribution in [2.75, 3.05) is 48.3 Å². The minimum absolute atomic E-state index is 0.0306. The van der Waals surface area contributed by atoms with E-state index in [2.05, 4.69) is 15.6 Å². The number of hydrogen-bond acceptors (Lipinski definition) is 6. The van der Waals surface area contributed by atoms with Crippen molar-refractivity contribution in [2.24, 2.45) is 0 Å². The molecular formula is C19H24N4O3S. The zero-order chi connectivity index (χ0) is 19.1. The zero-order valence-corrected chi connectivity index (χ0v) is 15.9. The Morgan fingerprint density at radius 1 is 1.00 bits per heavy atom. The van der Waals surface area contributed by atoms with Gasteiger partial charge in [0.05, 0.1) is 17.1 Å². The summed E-state index contributed by atoms with van der Waals surface area (Å²) >= 11 is 0. The first-order valence-electron chi connectivity index (χ1n) is 9.02. The van der Waals surface area contributed by atoms with Crippen molar-refractivity contribution in [1.29, 1.82) is 0 Å². The molecule has 1 fully saturated rings. The smallest absolute Gasteiger partial charge is 0.255 e. The molecule has 0 atom stereocenters. The number of carbonyl (C=O) groups excluding carboxylic acids is 1. The summed E-state index contributed by atoms with van der Waals surface area (Å²) < 4.78 is 22.9. The normalized spacial score (nSPS) is 15.9. The van der Waals surface area contributed by atoms with Crippen molar-refractivity contribution >= 4 is 27.2 Å². The maximum Gasteiger partial charge on any atom is 0.255 e. The molecule has 1 aliphatic heterocycles. The summed E-state index contributed by atoms with van der Waals surface area (Å²) in [4.78, 5) is 18.3. The molecule has 0 aliphatic carbocycles. The number of pyridine rings is 1. The maximum absolute atomic E-state index is 12.4. The number of aromatic nitrogens is 1. The third kappa shape index (κ3) is 5.68. The fourth-order valence-corrected chi connectivity index (χ4v) is 4.02. The maximum atomic E-state index is 12.4. The molecule has 1 saturated heterocycles. The molecule has 1 aliphatic rings. The molecule has 1 aromatic heterocycles. The van der Waals surface area contributed by atoms with E-state index >= 15 is 0 Å². The van der Waals surface area contributed by atoms with Gasteiger partial charge in [0, 0.05) is 38.1 Å². The van der Waals surface area contributed by atoms with E-state index in [1.54, 1.807) is 17.0 Å². The molecule has 27 heavy (non-hydrogen) atoms. The fourth-order valence-electron chi connectivity index (χ4n) is 2.82. The molecule has 0 saturated carbocycles. The largest absolute Gasteiger partial charge is 0.385 e. The highest BCUT2D eigenvalue weighted by atomic mass is 32.2. The van der Waals surface area contributed by atoms with Gasteiger partial charge in [-0.2, -0.15) is 0 Å². The lowest BCUT2D eigenvalue weighted by Crippen LogP contribution is -2.43. The van der Waals surface area contributed by atoms with Gasteiger partial charge in [0.25, 0.3) is 5.91 Å². The number of nitrogens with one attached hydrogen (secondary N) is 2. The number of sulfone groups is 1. The van der Waals surface area contributed by atoms with Crippen LogP contribution in [0.1, 0.15) is 16.8 Å².